The second-order valence-corrected chi connectivity index (χ2v) is 15.3. The first kappa shape index (κ1) is 30.6. The molecule has 1 aliphatic heterocycles. The van der Waals surface area contributed by atoms with Gasteiger partial charge in [-0.1, -0.05) is 57.0 Å². The maximum absolute atomic E-state index is 12.9. The lowest BCUT2D eigenvalue weighted by Gasteiger charge is -2.39. The normalized spacial score (nSPS) is 18.5. The number of hydrogen-bond acceptors (Lipinski definition) is 5. The van der Waals surface area contributed by atoms with Crippen LogP contribution in [-0.2, 0) is 10.0 Å². The fourth-order valence-electron chi connectivity index (χ4n) is 5.63. The Morgan fingerprint density at radius 3 is 2.25 bits per heavy atom. The fourth-order valence-corrected chi connectivity index (χ4v) is 6.36. The lowest BCUT2D eigenvalue weighted by molar-refractivity contribution is 0.0980. The Kier molecular flexibility index (Phi) is 9.38. The summed E-state index contributed by atoms with van der Waals surface area (Å²) in [4.78, 5) is 17.8. The predicted octanol–water partition coefficient (Wildman–Crippen LogP) is 6.72. The molecule has 1 amide bonds. The molecule has 0 bridgehead atoms. The first-order valence-corrected chi connectivity index (χ1v) is 16.3. The van der Waals surface area contributed by atoms with E-state index in [1.54, 1.807) is 25.5 Å². The zero-order valence-electron chi connectivity index (χ0n) is 24.8. The van der Waals surface area contributed by atoms with Crippen LogP contribution in [0, 0.1) is 5.41 Å². The molecule has 0 radical (unpaired) electrons. The molecule has 0 spiro atoms. The summed E-state index contributed by atoms with van der Waals surface area (Å²) in [6.07, 6.45) is 3.41. The van der Waals surface area contributed by atoms with Crippen molar-refractivity contribution in [2.75, 3.05) is 37.6 Å². The molecule has 2 aromatic carbocycles. The van der Waals surface area contributed by atoms with Gasteiger partial charge in [-0.15, -0.1) is 0 Å². The highest BCUT2D eigenvalue weighted by Crippen LogP contribution is 2.43. The van der Waals surface area contributed by atoms with Gasteiger partial charge >= 0.3 is 0 Å². The number of hydrogen-bond donors (Lipinski definition) is 1. The van der Waals surface area contributed by atoms with Crippen LogP contribution in [0.15, 0.2) is 48.0 Å². The molecule has 8 heteroatoms. The minimum Gasteiger partial charge on any atom is -0.369 e. The van der Waals surface area contributed by atoms with Gasteiger partial charge in [0.2, 0.25) is 10.0 Å². The number of nitrogens with one attached hydrogen (secondary N) is 1. The lowest BCUT2D eigenvalue weighted by atomic mass is 9.72. The van der Waals surface area contributed by atoms with Gasteiger partial charge in [0.25, 0.3) is 5.91 Å². The van der Waals surface area contributed by atoms with E-state index in [4.69, 9.17) is 11.6 Å². The number of amides is 1. The second kappa shape index (κ2) is 12.3. The molecular formula is C32H44ClN3O3S. The summed E-state index contributed by atoms with van der Waals surface area (Å²) in [5.41, 5.74) is 6.97. The Hall–Kier alpha value is -2.35. The molecule has 1 fully saturated rings. The Labute approximate surface area is 245 Å². The molecule has 1 N–H and O–H groups in total. The third-order valence-corrected chi connectivity index (χ3v) is 10.3. The summed E-state index contributed by atoms with van der Waals surface area (Å²) in [6.45, 7) is 16.6. The third kappa shape index (κ3) is 7.29. The summed E-state index contributed by atoms with van der Waals surface area (Å²) in [7, 11) is -3.69. The van der Waals surface area contributed by atoms with Crippen LogP contribution in [0.3, 0.4) is 0 Å². The molecule has 1 aliphatic carbocycles. The Morgan fingerprint density at radius 2 is 1.65 bits per heavy atom. The molecule has 2 aliphatic rings. The summed E-state index contributed by atoms with van der Waals surface area (Å²) >= 11 is 6.18. The third-order valence-electron chi connectivity index (χ3n) is 8.29. The van der Waals surface area contributed by atoms with Crippen molar-refractivity contribution in [2.24, 2.45) is 5.41 Å². The SMILES string of the molecule is CC(C)c1cc(N2CCN(CC3=C(c4ccc(Cl)cc4)CC(C)(C)CC3)CC2)ccc1C(=O)NS(=O)(=O)C(C)C. The van der Waals surface area contributed by atoms with E-state index in [0.717, 1.165) is 61.8 Å². The van der Waals surface area contributed by atoms with E-state index in [1.165, 1.54) is 17.6 Å². The molecule has 6 nitrogen and oxygen atoms in total. The number of carbonyl (C=O) groups excluding carboxylic acids is 1. The van der Waals surface area contributed by atoms with Gasteiger partial charge in [-0.25, -0.2) is 13.1 Å². The quantitative estimate of drug-likeness (QED) is 0.372. The van der Waals surface area contributed by atoms with Crippen LogP contribution >= 0.6 is 11.6 Å². The number of allylic oxidation sites excluding steroid dienone is 1. The highest BCUT2D eigenvalue weighted by Gasteiger charge is 2.30. The molecule has 1 heterocycles. The average molecular weight is 586 g/mol. The van der Waals surface area contributed by atoms with Crippen LogP contribution in [0.25, 0.3) is 5.57 Å². The number of rotatable bonds is 8. The number of anilines is 1. The monoisotopic (exact) mass is 585 g/mol. The number of piperazine rings is 1. The minimum atomic E-state index is -3.69. The van der Waals surface area contributed by atoms with E-state index in [0.29, 0.717) is 11.0 Å². The van der Waals surface area contributed by atoms with Crippen LogP contribution in [0.4, 0.5) is 5.69 Å². The van der Waals surface area contributed by atoms with Crippen LogP contribution < -0.4 is 9.62 Å². The zero-order chi connectivity index (χ0) is 29.2. The Morgan fingerprint density at radius 1 is 1.00 bits per heavy atom. The van der Waals surface area contributed by atoms with Crippen molar-refractivity contribution in [3.63, 3.8) is 0 Å². The van der Waals surface area contributed by atoms with Gasteiger partial charge in [0.05, 0.1) is 5.25 Å². The van der Waals surface area contributed by atoms with E-state index in [2.05, 4.69) is 46.6 Å². The molecule has 0 aromatic heterocycles. The van der Waals surface area contributed by atoms with Crippen molar-refractivity contribution in [1.82, 2.24) is 9.62 Å². The predicted molar refractivity (Wildman–Crippen MR) is 167 cm³/mol. The average Bonchev–Trinajstić information content (AvgIpc) is 2.89. The maximum atomic E-state index is 12.9. The van der Waals surface area contributed by atoms with E-state index >= 15 is 0 Å². The van der Waals surface area contributed by atoms with Gasteiger partial charge in [0, 0.05) is 49.0 Å². The van der Waals surface area contributed by atoms with Crippen LogP contribution in [0.5, 0.6) is 0 Å². The number of sulfonamides is 1. The molecule has 218 valence electrons. The Bertz CT molecular complexity index is 1360. The van der Waals surface area contributed by atoms with Crippen molar-refractivity contribution >= 4 is 38.8 Å². The van der Waals surface area contributed by atoms with Gasteiger partial charge in [-0.2, -0.15) is 0 Å². The molecular weight excluding hydrogens is 542 g/mol. The van der Waals surface area contributed by atoms with Crippen LogP contribution in [-0.4, -0.2) is 57.2 Å². The van der Waals surface area contributed by atoms with Crippen LogP contribution in [0.2, 0.25) is 5.02 Å². The summed E-state index contributed by atoms with van der Waals surface area (Å²) in [5.74, 6) is -0.480. The van der Waals surface area contributed by atoms with Crippen molar-refractivity contribution < 1.29 is 13.2 Å². The first-order valence-electron chi connectivity index (χ1n) is 14.4. The highest BCUT2D eigenvalue weighted by atomic mass is 35.5. The van der Waals surface area contributed by atoms with Crippen molar-refractivity contribution in [3.05, 3.63) is 69.8 Å². The molecule has 0 atom stereocenters. The molecule has 2 aromatic rings. The molecule has 0 unspecified atom stereocenters. The molecule has 1 saturated heterocycles. The number of halogens is 1. The van der Waals surface area contributed by atoms with Crippen molar-refractivity contribution in [3.8, 4) is 0 Å². The first-order chi connectivity index (χ1) is 18.8. The number of nitrogens with zero attached hydrogens (tertiary/aromatic N) is 2. The number of carbonyl (C=O) groups is 1. The highest BCUT2D eigenvalue weighted by molar-refractivity contribution is 7.90. The molecule has 40 heavy (non-hydrogen) atoms. The fraction of sp³-hybridized carbons (Fsp3) is 0.531. The van der Waals surface area contributed by atoms with E-state index in [-0.39, 0.29) is 5.92 Å². The molecule has 0 saturated carbocycles. The summed E-state index contributed by atoms with van der Waals surface area (Å²) < 4.78 is 26.8. The second-order valence-electron chi connectivity index (χ2n) is 12.6. The minimum absolute atomic E-state index is 0.0810. The van der Waals surface area contributed by atoms with E-state index < -0.39 is 21.2 Å². The maximum Gasteiger partial charge on any atom is 0.265 e. The van der Waals surface area contributed by atoms with Gasteiger partial charge < -0.3 is 4.90 Å². The van der Waals surface area contributed by atoms with Gasteiger partial charge in [-0.05, 0) is 91.5 Å². The van der Waals surface area contributed by atoms with Crippen molar-refractivity contribution in [2.45, 2.75) is 72.0 Å². The largest absolute Gasteiger partial charge is 0.369 e. The molecule has 4 rings (SSSR count). The van der Waals surface area contributed by atoms with E-state index in [9.17, 15) is 13.2 Å². The summed E-state index contributed by atoms with van der Waals surface area (Å²) in [6, 6.07) is 14.1. The van der Waals surface area contributed by atoms with Crippen molar-refractivity contribution in [1.29, 1.82) is 0 Å². The van der Waals surface area contributed by atoms with Gasteiger partial charge in [-0.3, -0.25) is 9.69 Å². The van der Waals surface area contributed by atoms with Gasteiger partial charge in [0.15, 0.2) is 0 Å². The topological polar surface area (TPSA) is 69.7 Å². The number of benzene rings is 2. The lowest BCUT2D eigenvalue weighted by Crippen LogP contribution is -2.47. The van der Waals surface area contributed by atoms with Crippen LogP contribution in [0.1, 0.15) is 88.2 Å². The van der Waals surface area contributed by atoms with E-state index in [1.807, 2.05) is 32.0 Å². The zero-order valence-corrected chi connectivity index (χ0v) is 26.3. The van der Waals surface area contributed by atoms with Gasteiger partial charge in [0.1, 0.15) is 0 Å². The smallest absolute Gasteiger partial charge is 0.265 e. The summed E-state index contributed by atoms with van der Waals surface area (Å²) in [5, 5.41) is 0.0969. The standard InChI is InChI=1S/C32H44ClN3O3S/c1-22(2)29-19-27(11-12-28(29)31(37)34-40(38,39)23(3)4)36-17-15-35(16-18-36)21-25-13-14-32(5,6)20-30(25)24-7-9-26(33)10-8-24/h7-12,19,22-23H,13-18,20-21H2,1-6H3,(H,34,37). The Balaban J connectivity index is 1.46.